The van der Waals surface area contributed by atoms with E-state index in [1.807, 2.05) is 24.3 Å². The molecule has 0 aliphatic carbocycles. The molecule has 2 rings (SSSR count). The van der Waals surface area contributed by atoms with Crippen molar-refractivity contribution in [2.75, 3.05) is 25.0 Å². The summed E-state index contributed by atoms with van der Waals surface area (Å²) in [6.45, 7) is 0. The number of hydrogen-bond donors (Lipinski definition) is 0. The zero-order valence-corrected chi connectivity index (χ0v) is 33.0. The van der Waals surface area contributed by atoms with Gasteiger partial charge >= 0.3 is 98.1 Å². The number of nitrogens with zero attached hydrogens (tertiary/aromatic N) is 2. The van der Waals surface area contributed by atoms with Crippen LogP contribution in [0, 0.1) is 0 Å². The summed E-state index contributed by atoms with van der Waals surface area (Å²) in [5.41, 5.74) is 2.35. The molecule has 0 aliphatic heterocycles. The van der Waals surface area contributed by atoms with Gasteiger partial charge in [0.15, 0.2) is 0 Å². The first-order valence-electron chi connectivity index (χ1n) is 5.74. The maximum absolute atomic E-state index is 9.56. The molecular weight excluding hydrogens is 824 g/mol. The number of rotatable bonds is 1. The molecule has 0 aromatic carbocycles. The van der Waals surface area contributed by atoms with Crippen LogP contribution >= 0.6 is 0 Å². The van der Waals surface area contributed by atoms with E-state index in [-0.39, 0.29) is 197 Å². The molecule has 0 atom stereocenters. The SMILES string of the molecule is CS(C)=O.CS(C)=O.[Cl-].[Cl-].[Cl-].[Cl-].[Cl-].[Cl-].[Cl-].[Cl-].[Na+].[Na+].[Ru+3].[Ru+3].c1cc(-c2ccncc2)ccn1. The van der Waals surface area contributed by atoms with Gasteiger partial charge < -0.3 is 99.3 Å². The predicted molar refractivity (Wildman–Crippen MR) is 87.4 cm³/mol. The predicted octanol–water partition coefficient (Wildman–Crippen LogP) is -27.8. The number of aromatic nitrogens is 2. The third-order valence-corrected chi connectivity index (χ3v) is 1.69. The van der Waals surface area contributed by atoms with Crippen LogP contribution in [-0.4, -0.2) is 43.4 Å². The summed E-state index contributed by atoms with van der Waals surface area (Å²) in [6.07, 6.45) is 13.7. The molecule has 0 N–H and O–H groups in total. The Morgan fingerprint density at radius 2 is 0.625 bits per heavy atom. The van der Waals surface area contributed by atoms with E-state index in [1.165, 1.54) is 11.1 Å². The number of halogens is 8. The van der Waals surface area contributed by atoms with Crippen LogP contribution in [0.25, 0.3) is 11.1 Å². The van der Waals surface area contributed by atoms with E-state index in [4.69, 9.17) is 0 Å². The van der Waals surface area contributed by atoms with E-state index in [2.05, 4.69) is 9.97 Å². The van der Waals surface area contributed by atoms with Gasteiger partial charge in [0, 0.05) is 71.4 Å². The zero-order chi connectivity index (χ0) is 15.4. The van der Waals surface area contributed by atoms with E-state index >= 15 is 0 Å². The third kappa shape index (κ3) is 64.4. The molecule has 2 aromatic rings. The Morgan fingerprint density at radius 1 is 0.500 bits per heavy atom. The minimum absolute atomic E-state index is 0. The Hall–Kier alpha value is 4.17. The molecule has 2 heterocycles. The first-order valence-corrected chi connectivity index (χ1v) is 9.67. The minimum Gasteiger partial charge on any atom is -1.00 e. The third-order valence-electron chi connectivity index (χ3n) is 1.69. The van der Waals surface area contributed by atoms with Crippen LogP contribution in [0.15, 0.2) is 49.1 Å². The first kappa shape index (κ1) is 83.3. The maximum Gasteiger partial charge on any atom is 3.00 e. The van der Waals surface area contributed by atoms with Crippen molar-refractivity contribution >= 4 is 21.6 Å². The Bertz CT molecular complexity index is 507. The van der Waals surface area contributed by atoms with Crippen molar-refractivity contribution in [3.63, 3.8) is 0 Å². The van der Waals surface area contributed by atoms with Gasteiger partial charge in [0.05, 0.1) is 0 Å². The fourth-order valence-electron chi connectivity index (χ4n) is 1.09. The van der Waals surface area contributed by atoms with Gasteiger partial charge in [0.2, 0.25) is 0 Å². The zero-order valence-electron chi connectivity index (χ0n) is 17.9. The molecule has 0 fully saturated rings. The standard InChI is InChI=1S/C10H8N2.2C2H6OS.8ClH.2Na.2Ru/c1-5-11-6-2-9(1)10-3-7-12-8-4-10;2*1-4(2)3;;;;;;;;;;;;/h1-8H;2*1-2H3;8*1H;;;;/q;;;;;;;;;;;2*+1;2*+3/p-8. The smallest absolute Gasteiger partial charge is 1.00 e. The Kier molecular flexibility index (Phi) is 156. The summed E-state index contributed by atoms with van der Waals surface area (Å²) in [5.74, 6) is 0. The van der Waals surface area contributed by atoms with Crippen molar-refractivity contribution in [1.29, 1.82) is 0 Å². The Morgan fingerprint density at radius 3 is 0.750 bits per heavy atom. The van der Waals surface area contributed by atoms with E-state index < -0.39 is 21.6 Å². The summed E-state index contributed by atoms with van der Waals surface area (Å²) in [6, 6.07) is 7.93. The van der Waals surface area contributed by atoms with Crippen molar-refractivity contribution in [2.24, 2.45) is 0 Å². The molecule has 32 heavy (non-hydrogen) atoms. The minimum atomic E-state index is -0.611. The molecule has 184 valence electrons. The van der Waals surface area contributed by atoms with Gasteiger partial charge in [-0.25, -0.2) is 0 Å². The quantitative estimate of drug-likeness (QED) is 0.268. The van der Waals surface area contributed by atoms with Gasteiger partial charge in [-0.2, -0.15) is 0 Å². The molecule has 0 unspecified atom stereocenters. The van der Waals surface area contributed by atoms with Crippen molar-refractivity contribution in [1.82, 2.24) is 9.97 Å². The van der Waals surface area contributed by atoms with E-state index in [0.29, 0.717) is 0 Å². The molecule has 18 heteroatoms. The van der Waals surface area contributed by atoms with Gasteiger partial charge in [-0.15, -0.1) is 0 Å². The van der Waals surface area contributed by atoms with Gasteiger partial charge in [0.1, 0.15) is 0 Å². The average Bonchev–Trinajstić information content (AvgIpc) is 2.39. The van der Waals surface area contributed by atoms with Crippen LogP contribution in [0.4, 0.5) is 0 Å². The van der Waals surface area contributed by atoms with Crippen molar-refractivity contribution in [2.45, 2.75) is 0 Å². The molecule has 2 radical (unpaired) electrons. The van der Waals surface area contributed by atoms with Crippen LogP contribution in [0.3, 0.4) is 0 Å². The Balaban J connectivity index is -0.0000000149. The van der Waals surface area contributed by atoms with E-state index in [1.54, 1.807) is 49.8 Å². The second-order valence-corrected chi connectivity index (χ2v) is 6.92. The van der Waals surface area contributed by atoms with Crippen LogP contribution < -0.4 is 158 Å². The monoisotopic (exact) mass is 842 g/mol. The molecule has 0 spiro atoms. The molecule has 4 nitrogen and oxygen atoms in total. The normalized spacial score (nSPS) is 5.81. The van der Waals surface area contributed by atoms with Crippen LogP contribution in [0.2, 0.25) is 0 Å². The molecule has 0 aliphatic rings. The summed E-state index contributed by atoms with van der Waals surface area (Å²) in [5, 5.41) is 0. The van der Waals surface area contributed by atoms with Crippen molar-refractivity contribution in [3.8, 4) is 11.1 Å². The largest absolute Gasteiger partial charge is 3.00 e. The van der Waals surface area contributed by atoms with E-state index in [0.717, 1.165) is 0 Å². The molecule has 0 bridgehead atoms. The summed E-state index contributed by atoms with van der Waals surface area (Å²) in [4.78, 5) is 7.91. The van der Waals surface area contributed by atoms with Crippen LogP contribution in [-0.2, 0) is 60.6 Å². The maximum atomic E-state index is 9.56. The van der Waals surface area contributed by atoms with Gasteiger partial charge in [-0.3, -0.25) is 18.4 Å². The van der Waals surface area contributed by atoms with Crippen LogP contribution in [0.5, 0.6) is 0 Å². The average molecular weight is 844 g/mol. The molecule has 0 amide bonds. The van der Waals surface area contributed by atoms with Gasteiger partial charge in [-0.05, 0) is 35.4 Å². The summed E-state index contributed by atoms with van der Waals surface area (Å²) >= 11 is 0. The molecule has 0 saturated carbocycles. The van der Waals surface area contributed by atoms with Crippen LogP contribution in [0.1, 0.15) is 0 Å². The topological polar surface area (TPSA) is 59.9 Å². The van der Waals surface area contributed by atoms with Gasteiger partial charge in [-0.1, -0.05) is 0 Å². The fraction of sp³-hybridized carbons (Fsp3) is 0.286. The summed E-state index contributed by atoms with van der Waals surface area (Å²) in [7, 11) is -1.22. The first-order chi connectivity index (χ1) is 9.43. The van der Waals surface area contributed by atoms with Crippen molar-refractivity contribution in [3.05, 3.63) is 49.1 Å². The number of hydrogen-bond acceptors (Lipinski definition) is 4. The second kappa shape index (κ2) is 60.0. The van der Waals surface area contributed by atoms with Gasteiger partial charge in [0.25, 0.3) is 0 Å². The van der Waals surface area contributed by atoms with Crippen molar-refractivity contribution < 1.29 is 206 Å². The molecule has 0 saturated heterocycles. The second-order valence-electron chi connectivity index (χ2n) is 3.95. The molecule has 2 aromatic heterocycles. The Labute approximate surface area is 317 Å². The fourth-order valence-corrected chi connectivity index (χ4v) is 1.09. The summed E-state index contributed by atoms with van der Waals surface area (Å²) < 4.78 is 19.1. The number of pyridine rings is 2. The molecular formula is C14H20Cl8N2Na2O2Ru2S2. The van der Waals surface area contributed by atoms with E-state index in [9.17, 15) is 8.42 Å².